The largest absolute Gasteiger partial charge is 0.480 e. The summed E-state index contributed by atoms with van der Waals surface area (Å²) in [6.07, 6.45) is 1.30. The molecule has 0 aromatic carbocycles. The van der Waals surface area contributed by atoms with Gasteiger partial charge in [0.2, 0.25) is 5.91 Å². The minimum absolute atomic E-state index is 0.107. The molecule has 8 nitrogen and oxygen atoms in total. The van der Waals surface area contributed by atoms with Gasteiger partial charge in [0, 0.05) is 6.54 Å². The van der Waals surface area contributed by atoms with Crippen molar-refractivity contribution >= 4 is 17.8 Å². The van der Waals surface area contributed by atoms with Crippen LogP contribution in [0.15, 0.2) is 0 Å². The fourth-order valence-electron chi connectivity index (χ4n) is 1.44. The third-order valence-electron chi connectivity index (χ3n) is 2.21. The Morgan fingerprint density at radius 2 is 1.71 bits per heavy atom. The molecule has 0 aliphatic carbocycles. The van der Waals surface area contributed by atoms with Crippen LogP contribution in [0.3, 0.4) is 0 Å². The molecular formula is C9H17N3O5. The zero-order valence-electron chi connectivity index (χ0n) is 9.33. The number of carbonyl (C=O) groups excluding carboxylic acids is 1. The molecule has 0 aromatic heterocycles. The van der Waals surface area contributed by atoms with E-state index in [1.165, 1.54) is 4.90 Å². The topological polar surface area (TPSA) is 147 Å². The van der Waals surface area contributed by atoms with Crippen LogP contribution < -0.4 is 11.5 Å². The van der Waals surface area contributed by atoms with E-state index in [9.17, 15) is 14.4 Å². The molecule has 1 heterocycles. The second kappa shape index (κ2) is 7.58. The van der Waals surface area contributed by atoms with Crippen molar-refractivity contribution in [2.24, 2.45) is 11.5 Å². The molecule has 1 unspecified atom stereocenters. The van der Waals surface area contributed by atoms with Crippen molar-refractivity contribution in [3.63, 3.8) is 0 Å². The summed E-state index contributed by atoms with van der Waals surface area (Å²) in [6, 6.07) is -0.652. The maximum atomic E-state index is 11.1. The van der Waals surface area contributed by atoms with Crippen molar-refractivity contribution in [2.75, 3.05) is 19.6 Å². The van der Waals surface area contributed by atoms with Crippen molar-refractivity contribution < 1.29 is 24.6 Å². The molecular weight excluding hydrogens is 230 g/mol. The number of hydrogen-bond donors (Lipinski definition) is 4. The van der Waals surface area contributed by atoms with Gasteiger partial charge in [0.05, 0.1) is 13.1 Å². The number of hydrogen-bond acceptors (Lipinski definition) is 5. The molecule has 1 amide bonds. The normalized spacial score (nSPS) is 18.2. The summed E-state index contributed by atoms with van der Waals surface area (Å²) in [5, 5.41) is 16.3. The first-order chi connectivity index (χ1) is 7.93. The van der Waals surface area contributed by atoms with Gasteiger partial charge < -0.3 is 26.6 Å². The van der Waals surface area contributed by atoms with Crippen molar-refractivity contribution in [1.82, 2.24) is 4.90 Å². The smallest absolute Gasteiger partial charge is 0.326 e. The molecule has 17 heavy (non-hydrogen) atoms. The van der Waals surface area contributed by atoms with Crippen LogP contribution in [0.2, 0.25) is 0 Å². The lowest BCUT2D eigenvalue weighted by atomic mass is 10.2. The Labute approximate surface area is 98.2 Å². The van der Waals surface area contributed by atoms with E-state index in [0.29, 0.717) is 13.0 Å². The van der Waals surface area contributed by atoms with E-state index in [0.717, 1.165) is 6.42 Å². The summed E-state index contributed by atoms with van der Waals surface area (Å²) in [5.74, 6) is -2.18. The van der Waals surface area contributed by atoms with Crippen LogP contribution in [-0.2, 0) is 14.4 Å². The quantitative estimate of drug-likeness (QED) is 0.453. The number of carbonyl (C=O) groups is 3. The maximum absolute atomic E-state index is 11.1. The van der Waals surface area contributed by atoms with Crippen molar-refractivity contribution in [3.05, 3.63) is 0 Å². The third kappa shape index (κ3) is 5.27. The molecule has 98 valence electrons. The van der Waals surface area contributed by atoms with Crippen LogP contribution in [0.1, 0.15) is 12.8 Å². The molecule has 0 radical (unpaired) electrons. The molecule has 1 aliphatic rings. The van der Waals surface area contributed by atoms with Gasteiger partial charge in [-0.15, -0.1) is 0 Å². The van der Waals surface area contributed by atoms with E-state index in [2.05, 4.69) is 5.73 Å². The second-order valence-corrected chi connectivity index (χ2v) is 3.39. The lowest BCUT2D eigenvalue weighted by Gasteiger charge is -2.20. The Kier molecular flexibility index (Phi) is 6.83. The van der Waals surface area contributed by atoms with E-state index in [1.807, 2.05) is 0 Å². The second-order valence-electron chi connectivity index (χ2n) is 3.39. The highest BCUT2D eigenvalue weighted by Gasteiger charge is 2.32. The van der Waals surface area contributed by atoms with Gasteiger partial charge in [-0.05, 0) is 12.8 Å². The Hall–Kier alpha value is -1.67. The SMILES string of the molecule is NCC(=O)N1CCCC1C(=O)O.NCC(=O)O. The summed E-state index contributed by atoms with van der Waals surface area (Å²) in [5.41, 5.74) is 9.70. The van der Waals surface area contributed by atoms with Crippen molar-refractivity contribution in [3.8, 4) is 0 Å². The van der Waals surface area contributed by atoms with Gasteiger partial charge in [0.25, 0.3) is 0 Å². The number of likely N-dealkylation sites (tertiary alicyclic amines) is 1. The number of rotatable bonds is 3. The van der Waals surface area contributed by atoms with Crippen LogP contribution in [0.25, 0.3) is 0 Å². The van der Waals surface area contributed by atoms with Gasteiger partial charge in [-0.2, -0.15) is 0 Å². The summed E-state index contributed by atoms with van der Waals surface area (Å²) >= 11 is 0. The molecule has 1 saturated heterocycles. The lowest BCUT2D eigenvalue weighted by molar-refractivity contribution is -0.147. The van der Waals surface area contributed by atoms with Crippen LogP contribution in [0.4, 0.5) is 0 Å². The molecule has 1 rings (SSSR count). The first kappa shape index (κ1) is 15.3. The predicted molar refractivity (Wildman–Crippen MR) is 58.1 cm³/mol. The first-order valence-corrected chi connectivity index (χ1v) is 5.08. The van der Waals surface area contributed by atoms with Crippen LogP contribution in [0.5, 0.6) is 0 Å². The zero-order chi connectivity index (χ0) is 13.4. The van der Waals surface area contributed by atoms with Gasteiger partial charge in [-0.1, -0.05) is 0 Å². The maximum Gasteiger partial charge on any atom is 0.326 e. The minimum atomic E-state index is -0.968. The average Bonchev–Trinajstić information content (AvgIpc) is 2.77. The zero-order valence-corrected chi connectivity index (χ0v) is 9.33. The van der Waals surface area contributed by atoms with Gasteiger partial charge in [0.1, 0.15) is 6.04 Å². The number of carboxylic acids is 2. The summed E-state index contributed by atoms with van der Waals surface area (Å²) in [6.45, 7) is 0.136. The van der Waals surface area contributed by atoms with Crippen molar-refractivity contribution in [2.45, 2.75) is 18.9 Å². The summed E-state index contributed by atoms with van der Waals surface area (Å²) in [7, 11) is 0. The standard InChI is InChI=1S/C7H12N2O3.C2H5NO2/c8-4-6(10)9-3-1-2-5(9)7(11)12;3-1-2(4)5/h5H,1-4,8H2,(H,11,12);1,3H2,(H,4,5). The number of carboxylic acid groups (broad SMARTS) is 2. The number of nitrogens with zero attached hydrogens (tertiary/aromatic N) is 1. The number of nitrogens with two attached hydrogens (primary N) is 2. The minimum Gasteiger partial charge on any atom is -0.480 e. The highest BCUT2D eigenvalue weighted by Crippen LogP contribution is 2.16. The summed E-state index contributed by atoms with van der Waals surface area (Å²) < 4.78 is 0. The highest BCUT2D eigenvalue weighted by atomic mass is 16.4. The lowest BCUT2D eigenvalue weighted by Crippen LogP contribution is -2.43. The molecule has 1 fully saturated rings. The van der Waals surface area contributed by atoms with Crippen LogP contribution in [0, 0.1) is 0 Å². The Morgan fingerprint density at radius 1 is 1.18 bits per heavy atom. The van der Waals surface area contributed by atoms with Gasteiger partial charge in [-0.25, -0.2) is 4.79 Å². The molecule has 1 atom stereocenters. The van der Waals surface area contributed by atoms with E-state index in [1.54, 1.807) is 0 Å². The molecule has 0 aromatic rings. The van der Waals surface area contributed by atoms with Gasteiger partial charge >= 0.3 is 11.9 Å². The molecule has 0 spiro atoms. The van der Waals surface area contributed by atoms with E-state index >= 15 is 0 Å². The number of aliphatic carboxylic acids is 2. The van der Waals surface area contributed by atoms with Gasteiger partial charge in [0.15, 0.2) is 0 Å². The van der Waals surface area contributed by atoms with Crippen LogP contribution >= 0.6 is 0 Å². The average molecular weight is 247 g/mol. The Bertz CT molecular complexity index is 294. The predicted octanol–water partition coefficient (Wildman–Crippen LogP) is -1.95. The monoisotopic (exact) mass is 247 g/mol. The first-order valence-electron chi connectivity index (χ1n) is 5.08. The highest BCUT2D eigenvalue weighted by molar-refractivity contribution is 5.85. The van der Waals surface area contributed by atoms with E-state index in [4.69, 9.17) is 15.9 Å². The Balaban J connectivity index is 0.000000437. The molecule has 0 saturated carbocycles. The van der Waals surface area contributed by atoms with Crippen LogP contribution in [-0.4, -0.2) is 58.6 Å². The molecule has 1 aliphatic heterocycles. The third-order valence-corrected chi connectivity index (χ3v) is 2.21. The van der Waals surface area contributed by atoms with Gasteiger partial charge in [-0.3, -0.25) is 9.59 Å². The molecule has 0 bridgehead atoms. The summed E-state index contributed by atoms with van der Waals surface area (Å²) in [4.78, 5) is 32.2. The molecule has 6 N–H and O–H groups in total. The number of amides is 1. The fraction of sp³-hybridized carbons (Fsp3) is 0.667. The van der Waals surface area contributed by atoms with Crippen molar-refractivity contribution in [1.29, 1.82) is 0 Å². The van der Waals surface area contributed by atoms with E-state index in [-0.39, 0.29) is 19.0 Å². The molecule has 8 heteroatoms. The Morgan fingerprint density at radius 3 is 2.06 bits per heavy atom. The van der Waals surface area contributed by atoms with E-state index < -0.39 is 18.0 Å². The fourth-order valence-corrected chi connectivity index (χ4v) is 1.44.